The minimum Gasteiger partial charge on any atom is -0.481 e. The number of hydrogen-bond acceptors (Lipinski definition) is 2. The molecule has 0 saturated carbocycles. The van der Waals surface area contributed by atoms with Crippen LogP contribution in [0.25, 0.3) is 0 Å². The van der Waals surface area contributed by atoms with Crippen molar-refractivity contribution < 1.29 is 19.8 Å². The van der Waals surface area contributed by atoms with Crippen LogP contribution in [0, 0.1) is 5.92 Å². The van der Waals surface area contributed by atoms with E-state index in [1.807, 2.05) is 0 Å². The SMILES string of the molecule is O=C(O)CCCC(CC(I)CCCCCCCI)C(=O)O. The van der Waals surface area contributed by atoms with Gasteiger partial charge in [0.05, 0.1) is 5.92 Å². The minimum atomic E-state index is -0.850. The van der Waals surface area contributed by atoms with Crippen molar-refractivity contribution in [2.75, 3.05) is 4.43 Å². The summed E-state index contributed by atoms with van der Waals surface area (Å²) < 4.78 is 1.60. The lowest BCUT2D eigenvalue weighted by Gasteiger charge is -2.16. The fraction of sp³-hybridized carbons (Fsp3) is 0.867. The van der Waals surface area contributed by atoms with Crippen molar-refractivity contribution in [1.82, 2.24) is 0 Å². The monoisotopic (exact) mass is 524 g/mol. The highest BCUT2D eigenvalue weighted by Crippen LogP contribution is 2.24. The first-order valence-electron chi connectivity index (χ1n) is 7.62. The van der Waals surface area contributed by atoms with Crippen LogP contribution in [0.2, 0.25) is 0 Å². The molecule has 0 radical (unpaired) electrons. The van der Waals surface area contributed by atoms with Gasteiger partial charge in [0.25, 0.3) is 0 Å². The third kappa shape index (κ3) is 13.8. The number of rotatable bonds is 14. The van der Waals surface area contributed by atoms with Crippen molar-refractivity contribution in [3.63, 3.8) is 0 Å². The largest absolute Gasteiger partial charge is 0.481 e. The first kappa shape index (κ1) is 21.4. The molecule has 0 rings (SSSR count). The molecule has 2 atom stereocenters. The number of carboxylic acid groups (broad SMARTS) is 2. The molecule has 0 fully saturated rings. The summed E-state index contributed by atoms with van der Waals surface area (Å²) in [6, 6.07) is 0. The average molecular weight is 524 g/mol. The normalized spacial score (nSPS) is 13.8. The summed E-state index contributed by atoms with van der Waals surface area (Å²) in [6.45, 7) is 0. The van der Waals surface area contributed by atoms with E-state index in [-0.39, 0.29) is 6.42 Å². The summed E-state index contributed by atoms with van der Waals surface area (Å²) >= 11 is 4.74. The maximum absolute atomic E-state index is 11.2. The third-order valence-electron chi connectivity index (χ3n) is 3.48. The van der Waals surface area contributed by atoms with Crippen LogP contribution in [0.4, 0.5) is 0 Å². The highest BCUT2D eigenvalue weighted by molar-refractivity contribution is 14.1. The van der Waals surface area contributed by atoms with Crippen molar-refractivity contribution >= 4 is 57.1 Å². The molecular weight excluding hydrogens is 498 g/mol. The molecule has 0 aromatic heterocycles. The predicted octanol–water partition coefficient (Wildman–Crippen LogP) is 4.91. The van der Waals surface area contributed by atoms with E-state index in [9.17, 15) is 14.7 Å². The molecule has 0 spiro atoms. The summed E-state index contributed by atoms with van der Waals surface area (Å²) in [5.41, 5.74) is 0. The zero-order valence-electron chi connectivity index (χ0n) is 12.4. The van der Waals surface area contributed by atoms with Crippen LogP contribution in [0.15, 0.2) is 0 Å². The number of carboxylic acids is 2. The van der Waals surface area contributed by atoms with Crippen LogP contribution >= 0.6 is 45.2 Å². The van der Waals surface area contributed by atoms with Gasteiger partial charge in [-0.2, -0.15) is 0 Å². The molecule has 4 nitrogen and oxygen atoms in total. The number of carbonyl (C=O) groups is 2. The molecule has 2 N–H and O–H groups in total. The maximum Gasteiger partial charge on any atom is 0.306 e. The Morgan fingerprint density at radius 1 is 0.905 bits per heavy atom. The highest BCUT2D eigenvalue weighted by atomic mass is 127. The lowest BCUT2D eigenvalue weighted by atomic mass is 9.95. The number of hydrogen-bond donors (Lipinski definition) is 2. The van der Waals surface area contributed by atoms with E-state index in [4.69, 9.17) is 5.11 Å². The van der Waals surface area contributed by atoms with Crippen LogP contribution in [0.1, 0.15) is 64.2 Å². The molecule has 0 bridgehead atoms. The van der Waals surface area contributed by atoms with Crippen LogP contribution in [-0.4, -0.2) is 30.5 Å². The van der Waals surface area contributed by atoms with Crippen molar-refractivity contribution in [2.24, 2.45) is 5.92 Å². The van der Waals surface area contributed by atoms with Crippen molar-refractivity contribution in [2.45, 2.75) is 68.1 Å². The lowest BCUT2D eigenvalue weighted by Crippen LogP contribution is -2.18. The molecule has 6 heteroatoms. The van der Waals surface area contributed by atoms with Crippen LogP contribution in [0.5, 0.6) is 0 Å². The summed E-state index contributed by atoms with van der Waals surface area (Å²) in [5, 5.41) is 17.8. The van der Waals surface area contributed by atoms with Gasteiger partial charge in [0.15, 0.2) is 0 Å². The van der Waals surface area contributed by atoms with Crippen molar-refractivity contribution in [1.29, 1.82) is 0 Å². The van der Waals surface area contributed by atoms with Gasteiger partial charge >= 0.3 is 11.9 Å². The summed E-state index contributed by atoms with van der Waals surface area (Å²) in [7, 11) is 0. The fourth-order valence-electron chi connectivity index (χ4n) is 2.26. The standard InChI is InChI=1S/C15H26I2O4/c16-10-5-3-1-2-4-8-13(17)11-12(15(20)21)7-6-9-14(18)19/h12-13H,1-11H2,(H,18,19)(H,20,21). The number of alkyl halides is 2. The number of aliphatic carboxylic acids is 2. The second-order valence-electron chi connectivity index (χ2n) is 5.40. The first-order valence-corrected chi connectivity index (χ1v) is 10.4. The van der Waals surface area contributed by atoms with Gasteiger partial charge in [-0.3, -0.25) is 9.59 Å². The second-order valence-corrected chi connectivity index (χ2v) is 8.24. The van der Waals surface area contributed by atoms with Gasteiger partial charge in [-0.25, -0.2) is 0 Å². The summed E-state index contributed by atoms with van der Waals surface area (Å²) in [6.07, 6.45) is 8.95. The summed E-state index contributed by atoms with van der Waals surface area (Å²) in [5.74, 6) is -2.04. The van der Waals surface area contributed by atoms with E-state index in [2.05, 4.69) is 45.2 Å². The Balaban J connectivity index is 3.81. The van der Waals surface area contributed by atoms with Gasteiger partial charge in [0.1, 0.15) is 0 Å². The fourth-order valence-corrected chi connectivity index (χ4v) is 3.85. The first-order chi connectivity index (χ1) is 9.97. The Labute approximate surface area is 154 Å². The topological polar surface area (TPSA) is 74.6 Å². The van der Waals surface area contributed by atoms with Gasteiger partial charge in [0.2, 0.25) is 0 Å². The van der Waals surface area contributed by atoms with E-state index in [0.29, 0.717) is 23.2 Å². The molecule has 0 aromatic carbocycles. The quantitative estimate of drug-likeness (QED) is 0.193. The molecule has 21 heavy (non-hydrogen) atoms. The predicted molar refractivity (Wildman–Crippen MR) is 102 cm³/mol. The Kier molecular flexibility index (Phi) is 14.3. The molecule has 0 amide bonds. The molecule has 2 unspecified atom stereocenters. The van der Waals surface area contributed by atoms with Gasteiger partial charge in [-0.05, 0) is 36.5 Å². The lowest BCUT2D eigenvalue weighted by molar-refractivity contribution is -0.143. The Morgan fingerprint density at radius 2 is 1.52 bits per heavy atom. The molecule has 0 saturated heterocycles. The number of halogens is 2. The molecule has 124 valence electrons. The smallest absolute Gasteiger partial charge is 0.306 e. The van der Waals surface area contributed by atoms with Gasteiger partial charge in [-0.15, -0.1) is 0 Å². The van der Waals surface area contributed by atoms with E-state index >= 15 is 0 Å². The van der Waals surface area contributed by atoms with E-state index in [0.717, 1.165) is 12.8 Å². The zero-order chi connectivity index (χ0) is 16.1. The minimum absolute atomic E-state index is 0.0620. The highest BCUT2D eigenvalue weighted by Gasteiger charge is 2.21. The van der Waals surface area contributed by atoms with E-state index in [1.54, 1.807) is 0 Å². The molecule has 0 aliphatic heterocycles. The van der Waals surface area contributed by atoms with Gasteiger partial charge in [0, 0.05) is 10.3 Å². The van der Waals surface area contributed by atoms with Crippen molar-refractivity contribution in [3.05, 3.63) is 0 Å². The maximum atomic E-state index is 11.2. The molecule has 0 heterocycles. The van der Waals surface area contributed by atoms with Crippen molar-refractivity contribution in [3.8, 4) is 0 Å². The average Bonchev–Trinajstić information content (AvgIpc) is 2.41. The molecular formula is C15H26I2O4. The number of unbranched alkanes of at least 4 members (excludes halogenated alkanes) is 4. The Bertz CT molecular complexity index is 297. The molecule has 0 aliphatic rings. The zero-order valence-corrected chi connectivity index (χ0v) is 16.7. The van der Waals surface area contributed by atoms with E-state index < -0.39 is 17.9 Å². The molecule has 0 aromatic rings. The van der Waals surface area contributed by atoms with Crippen LogP contribution < -0.4 is 0 Å². The van der Waals surface area contributed by atoms with E-state index in [1.165, 1.54) is 30.1 Å². The van der Waals surface area contributed by atoms with Gasteiger partial charge in [-0.1, -0.05) is 70.9 Å². The molecule has 0 aliphatic carbocycles. The van der Waals surface area contributed by atoms with Gasteiger partial charge < -0.3 is 10.2 Å². The summed E-state index contributed by atoms with van der Waals surface area (Å²) in [4.78, 5) is 21.7. The Morgan fingerprint density at radius 3 is 2.10 bits per heavy atom. The Hall–Kier alpha value is 0.400. The van der Waals surface area contributed by atoms with Crippen LogP contribution in [-0.2, 0) is 9.59 Å². The second kappa shape index (κ2) is 14.0. The third-order valence-corrected chi connectivity index (χ3v) is 5.38. The van der Waals surface area contributed by atoms with Crippen LogP contribution in [0.3, 0.4) is 0 Å².